The second-order valence-electron chi connectivity index (χ2n) is 2.67. The summed E-state index contributed by atoms with van der Waals surface area (Å²) in [7, 11) is 8.90. The minimum atomic E-state index is -2.65. The fourth-order valence-electron chi connectivity index (χ4n) is 0.775. The van der Waals surface area contributed by atoms with Crippen molar-refractivity contribution in [1.82, 2.24) is 0 Å². The molecule has 0 fully saturated rings. The molecule has 0 unspecified atom stereocenters. The second-order valence-corrected chi connectivity index (χ2v) is 2.67. The molecule has 0 atom stereocenters. The van der Waals surface area contributed by atoms with E-state index in [4.69, 9.17) is 5.11 Å². The standard InChI is InChI=1S/C6H6B2O7/c7-14-3(9)1-6(13,5(11)12)2-4(10)15-8/h13H,1-2H2,(H,11,12). The first-order valence-electron chi connectivity index (χ1n) is 3.60. The first kappa shape index (κ1) is 13.5. The largest absolute Gasteiger partial charge is 0.543 e. The van der Waals surface area contributed by atoms with Gasteiger partial charge in [0.2, 0.25) is 0 Å². The van der Waals surface area contributed by atoms with Crippen LogP contribution in [0.4, 0.5) is 0 Å². The van der Waals surface area contributed by atoms with Gasteiger partial charge in [-0.25, -0.2) is 4.79 Å². The molecule has 0 aliphatic carbocycles. The molecule has 0 aliphatic rings. The Morgan fingerprint density at radius 2 is 1.40 bits per heavy atom. The van der Waals surface area contributed by atoms with Crippen LogP contribution in [0.15, 0.2) is 0 Å². The lowest BCUT2D eigenvalue weighted by molar-refractivity contribution is -0.169. The number of aliphatic carboxylic acids is 1. The van der Waals surface area contributed by atoms with Crippen LogP contribution < -0.4 is 0 Å². The fourth-order valence-corrected chi connectivity index (χ4v) is 0.775. The van der Waals surface area contributed by atoms with Gasteiger partial charge in [0.15, 0.2) is 5.60 Å². The van der Waals surface area contributed by atoms with Crippen molar-refractivity contribution in [1.29, 1.82) is 0 Å². The van der Waals surface area contributed by atoms with E-state index >= 15 is 0 Å². The maximum absolute atomic E-state index is 10.6. The highest BCUT2D eigenvalue weighted by Crippen LogP contribution is 2.17. The summed E-state index contributed by atoms with van der Waals surface area (Å²) < 4.78 is 7.33. The van der Waals surface area contributed by atoms with E-state index in [0.29, 0.717) is 0 Å². The van der Waals surface area contributed by atoms with E-state index in [0.717, 1.165) is 0 Å². The topological polar surface area (TPSA) is 110 Å². The molecule has 0 aromatic rings. The molecule has 0 saturated carbocycles. The van der Waals surface area contributed by atoms with Crippen LogP contribution in [0.5, 0.6) is 0 Å². The molecule has 0 saturated heterocycles. The first-order valence-corrected chi connectivity index (χ1v) is 3.60. The van der Waals surface area contributed by atoms with Crippen LogP contribution in [0.3, 0.4) is 0 Å². The Morgan fingerprint density at radius 1 is 1.07 bits per heavy atom. The van der Waals surface area contributed by atoms with Crippen LogP contribution >= 0.6 is 0 Å². The van der Waals surface area contributed by atoms with Crippen molar-refractivity contribution in [3.05, 3.63) is 0 Å². The fraction of sp³-hybridized carbons (Fsp3) is 0.500. The van der Waals surface area contributed by atoms with Crippen LogP contribution in [0.25, 0.3) is 0 Å². The lowest BCUT2D eigenvalue weighted by Gasteiger charge is -2.20. The average Bonchev–Trinajstić information content (AvgIpc) is 2.16. The average molecular weight is 212 g/mol. The summed E-state index contributed by atoms with van der Waals surface area (Å²) in [6.45, 7) is 0. The molecule has 9 heteroatoms. The summed E-state index contributed by atoms with van der Waals surface area (Å²) in [6.07, 6.45) is -1.98. The third-order valence-electron chi connectivity index (χ3n) is 1.53. The molecule has 0 amide bonds. The van der Waals surface area contributed by atoms with Crippen molar-refractivity contribution >= 4 is 34.0 Å². The smallest absolute Gasteiger partial charge is 0.378 e. The Kier molecular flexibility index (Phi) is 4.86. The quantitative estimate of drug-likeness (QED) is 0.499. The van der Waals surface area contributed by atoms with Crippen LogP contribution in [0.1, 0.15) is 12.8 Å². The van der Waals surface area contributed by atoms with Crippen molar-refractivity contribution in [3.8, 4) is 0 Å². The highest BCUT2D eigenvalue weighted by molar-refractivity contribution is 6.07. The monoisotopic (exact) mass is 212 g/mol. The number of aliphatic hydroxyl groups is 1. The maximum atomic E-state index is 10.6. The predicted molar refractivity (Wildman–Crippen MR) is 45.5 cm³/mol. The van der Waals surface area contributed by atoms with Crippen molar-refractivity contribution in [2.24, 2.45) is 0 Å². The lowest BCUT2D eigenvalue weighted by Crippen LogP contribution is -2.43. The zero-order chi connectivity index (χ0) is 12.1. The summed E-state index contributed by atoms with van der Waals surface area (Å²) in [5.74, 6) is -4.17. The van der Waals surface area contributed by atoms with E-state index < -0.39 is 36.4 Å². The van der Waals surface area contributed by atoms with Gasteiger partial charge in [-0.1, -0.05) is 0 Å². The first-order chi connectivity index (χ1) is 6.85. The van der Waals surface area contributed by atoms with Crippen molar-refractivity contribution in [3.63, 3.8) is 0 Å². The normalized spacial score (nSPS) is 10.5. The number of carboxylic acid groups (broad SMARTS) is 1. The zero-order valence-corrected chi connectivity index (χ0v) is 7.50. The summed E-state index contributed by atoms with van der Waals surface area (Å²) >= 11 is 0. The molecule has 0 spiro atoms. The summed E-state index contributed by atoms with van der Waals surface area (Å²) in [5.41, 5.74) is -2.65. The summed E-state index contributed by atoms with van der Waals surface area (Å²) in [6, 6.07) is 0. The van der Waals surface area contributed by atoms with Crippen molar-refractivity contribution < 1.29 is 33.9 Å². The molecule has 0 rings (SSSR count). The van der Waals surface area contributed by atoms with Gasteiger partial charge in [0.25, 0.3) is 11.9 Å². The minimum Gasteiger partial charge on any atom is -0.543 e. The predicted octanol–water partition coefficient (Wildman–Crippen LogP) is -2.16. The van der Waals surface area contributed by atoms with Gasteiger partial charge in [-0.15, -0.1) is 0 Å². The van der Waals surface area contributed by atoms with Gasteiger partial charge < -0.3 is 19.5 Å². The van der Waals surface area contributed by atoms with E-state index in [1.54, 1.807) is 0 Å². The van der Waals surface area contributed by atoms with Crippen LogP contribution in [0.2, 0.25) is 0 Å². The van der Waals surface area contributed by atoms with Gasteiger partial charge in [0.05, 0.1) is 12.8 Å². The van der Waals surface area contributed by atoms with E-state index in [9.17, 15) is 19.5 Å². The summed E-state index contributed by atoms with van der Waals surface area (Å²) in [4.78, 5) is 31.9. The van der Waals surface area contributed by atoms with Gasteiger partial charge >= 0.3 is 22.1 Å². The highest BCUT2D eigenvalue weighted by atomic mass is 16.5. The van der Waals surface area contributed by atoms with Gasteiger partial charge in [-0.05, 0) is 0 Å². The van der Waals surface area contributed by atoms with E-state index in [-0.39, 0.29) is 0 Å². The zero-order valence-electron chi connectivity index (χ0n) is 7.50. The SMILES string of the molecule is [B]OC(=O)CC(O)(CC(=O)O[B])C(=O)O. The molecule has 0 heterocycles. The van der Waals surface area contributed by atoms with E-state index in [1.165, 1.54) is 0 Å². The van der Waals surface area contributed by atoms with Gasteiger partial charge in [-0.2, -0.15) is 0 Å². The Morgan fingerprint density at radius 3 is 1.60 bits per heavy atom. The molecular weight excluding hydrogens is 206 g/mol. The molecule has 4 radical (unpaired) electrons. The van der Waals surface area contributed by atoms with Crippen molar-refractivity contribution in [2.45, 2.75) is 18.4 Å². The van der Waals surface area contributed by atoms with Gasteiger partial charge in [0.1, 0.15) is 0 Å². The molecule has 7 nitrogen and oxygen atoms in total. The molecule has 0 aromatic carbocycles. The molecule has 2 N–H and O–H groups in total. The van der Waals surface area contributed by atoms with Crippen LogP contribution in [0, 0.1) is 0 Å². The molecule has 78 valence electrons. The Labute approximate surface area is 87.2 Å². The third kappa shape index (κ3) is 4.03. The highest BCUT2D eigenvalue weighted by Gasteiger charge is 2.41. The molecular formula is C6H6B2O7. The number of hydrogen-bond acceptors (Lipinski definition) is 6. The molecule has 0 aliphatic heterocycles. The number of hydrogen-bond donors (Lipinski definition) is 2. The minimum absolute atomic E-state index is 0.992. The maximum Gasteiger partial charge on any atom is 0.378 e. The Hall–Kier alpha value is -1.50. The Bertz CT molecular complexity index is 259. The van der Waals surface area contributed by atoms with Crippen molar-refractivity contribution in [2.75, 3.05) is 0 Å². The third-order valence-corrected chi connectivity index (χ3v) is 1.53. The molecule has 15 heavy (non-hydrogen) atoms. The van der Waals surface area contributed by atoms with E-state index in [2.05, 4.69) is 25.4 Å². The lowest BCUT2D eigenvalue weighted by atomic mass is 9.95. The summed E-state index contributed by atoms with van der Waals surface area (Å²) in [5, 5.41) is 18.0. The second kappa shape index (κ2) is 5.40. The number of carbonyl (C=O) groups excluding carboxylic acids is 2. The van der Waals surface area contributed by atoms with Crippen LogP contribution in [-0.2, 0) is 23.7 Å². The van der Waals surface area contributed by atoms with Crippen LogP contribution in [-0.4, -0.2) is 49.8 Å². The number of carboxylic acids is 1. The van der Waals surface area contributed by atoms with Gasteiger partial charge in [0, 0.05) is 0 Å². The Balaban J connectivity index is 4.67. The number of carbonyl (C=O) groups is 3. The molecule has 0 aromatic heterocycles. The number of rotatable bonds is 5. The van der Waals surface area contributed by atoms with Gasteiger partial charge in [-0.3, -0.25) is 9.59 Å². The molecule has 0 bridgehead atoms. The van der Waals surface area contributed by atoms with E-state index in [1.807, 2.05) is 0 Å².